The van der Waals surface area contributed by atoms with Crippen molar-refractivity contribution in [1.82, 2.24) is 5.32 Å². The fourth-order valence-corrected chi connectivity index (χ4v) is 1.93. The lowest BCUT2D eigenvalue weighted by atomic mass is 10.2. The van der Waals surface area contributed by atoms with Gasteiger partial charge in [0.2, 0.25) is 11.8 Å². The van der Waals surface area contributed by atoms with E-state index in [1.54, 1.807) is 19.2 Å². The van der Waals surface area contributed by atoms with Crippen molar-refractivity contribution in [2.24, 2.45) is 0 Å². The summed E-state index contributed by atoms with van der Waals surface area (Å²) in [6.45, 7) is 2.86. The summed E-state index contributed by atoms with van der Waals surface area (Å²) in [5.74, 6) is -0.299. The van der Waals surface area contributed by atoms with Crippen LogP contribution in [0.5, 0.6) is 5.75 Å². The third-order valence-corrected chi connectivity index (χ3v) is 3.33. The first-order valence-corrected chi connectivity index (χ1v) is 7.25. The van der Waals surface area contributed by atoms with Crippen molar-refractivity contribution < 1.29 is 19.1 Å². The van der Waals surface area contributed by atoms with E-state index in [4.69, 9.17) is 21.1 Å². The molecule has 0 bridgehead atoms. The van der Waals surface area contributed by atoms with Crippen molar-refractivity contribution in [3.63, 3.8) is 0 Å². The largest absolute Gasteiger partial charge is 0.495 e. The first-order chi connectivity index (χ1) is 10.5. The maximum atomic E-state index is 11.9. The van der Waals surface area contributed by atoms with E-state index >= 15 is 0 Å². The van der Waals surface area contributed by atoms with E-state index in [0.29, 0.717) is 36.0 Å². The Labute approximate surface area is 135 Å². The highest BCUT2D eigenvalue weighted by Gasteiger charge is 2.13. The van der Waals surface area contributed by atoms with Gasteiger partial charge in [-0.15, -0.1) is 0 Å². The van der Waals surface area contributed by atoms with Crippen LogP contribution in [0.25, 0.3) is 0 Å². The minimum Gasteiger partial charge on any atom is -0.495 e. The average Bonchev–Trinajstić information content (AvgIpc) is 2.47. The van der Waals surface area contributed by atoms with Gasteiger partial charge in [0.15, 0.2) is 0 Å². The van der Waals surface area contributed by atoms with E-state index < -0.39 is 5.91 Å². The van der Waals surface area contributed by atoms with Gasteiger partial charge in [-0.1, -0.05) is 11.6 Å². The van der Waals surface area contributed by atoms with Gasteiger partial charge in [0.25, 0.3) is 0 Å². The summed E-state index contributed by atoms with van der Waals surface area (Å²) in [5, 5.41) is 5.85. The predicted octanol–water partition coefficient (Wildman–Crippen LogP) is 2.14. The van der Waals surface area contributed by atoms with Crippen LogP contribution in [-0.4, -0.2) is 39.2 Å². The zero-order chi connectivity index (χ0) is 16.5. The summed E-state index contributed by atoms with van der Waals surface area (Å²) in [4.78, 5) is 23.5. The van der Waals surface area contributed by atoms with E-state index in [2.05, 4.69) is 10.6 Å². The number of ether oxygens (including phenoxy) is 2. The molecule has 7 heteroatoms. The number of methoxy groups -OCH3 is 2. The Morgan fingerprint density at radius 2 is 1.95 bits per heavy atom. The van der Waals surface area contributed by atoms with Gasteiger partial charge in [0.05, 0.1) is 12.8 Å². The summed E-state index contributed by atoms with van der Waals surface area (Å²) in [6, 6.07) is 3.33. The highest BCUT2D eigenvalue weighted by atomic mass is 35.5. The van der Waals surface area contributed by atoms with Gasteiger partial charge in [-0.2, -0.15) is 0 Å². The van der Waals surface area contributed by atoms with Gasteiger partial charge >= 0.3 is 0 Å². The number of anilines is 1. The summed E-state index contributed by atoms with van der Waals surface area (Å²) < 4.78 is 10.0. The molecule has 2 amide bonds. The third-order valence-electron chi connectivity index (χ3n) is 2.92. The van der Waals surface area contributed by atoms with E-state index in [9.17, 15) is 9.59 Å². The minimum absolute atomic E-state index is 0.252. The number of hydrogen-bond donors (Lipinski definition) is 2. The fourth-order valence-electron chi connectivity index (χ4n) is 1.78. The average molecular weight is 329 g/mol. The van der Waals surface area contributed by atoms with Gasteiger partial charge in [-0.3, -0.25) is 9.59 Å². The SMILES string of the molecule is COCCCNC(=O)CC(=O)Nc1cc(C)c(Cl)cc1OC. The molecule has 22 heavy (non-hydrogen) atoms. The molecule has 0 spiro atoms. The molecule has 0 saturated carbocycles. The van der Waals surface area contributed by atoms with Crippen molar-refractivity contribution in [3.05, 3.63) is 22.7 Å². The zero-order valence-electron chi connectivity index (χ0n) is 13.0. The smallest absolute Gasteiger partial charge is 0.233 e. The number of amides is 2. The molecule has 0 unspecified atom stereocenters. The van der Waals surface area contributed by atoms with Crippen molar-refractivity contribution >= 4 is 29.1 Å². The summed E-state index contributed by atoms with van der Waals surface area (Å²) in [5.41, 5.74) is 1.29. The Bertz CT molecular complexity index is 535. The van der Waals surface area contributed by atoms with Crippen LogP contribution in [0.2, 0.25) is 5.02 Å². The molecule has 1 aromatic rings. The summed E-state index contributed by atoms with van der Waals surface area (Å²) in [6.07, 6.45) is 0.450. The van der Waals surface area contributed by atoms with Crippen LogP contribution in [0.1, 0.15) is 18.4 Å². The Morgan fingerprint density at radius 3 is 2.59 bits per heavy atom. The molecule has 0 aliphatic rings. The Morgan fingerprint density at radius 1 is 1.23 bits per heavy atom. The van der Waals surface area contributed by atoms with Crippen molar-refractivity contribution in [2.45, 2.75) is 19.8 Å². The molecule has 6 nitrogen and oxygen atoms in total. The second-order valence-corrected chi connectivity index (χ2v) is 5.13. The third kappa shape index (κ3) is 5.91. The monoisotopic (exact) mass is 328 g/mol. The van der Waals surface area contributed by atoms with Gasteiger partial charge in [-0.25, -0.2) is 0 Å². The Kier molecular flexibility index (Phi) is 7.70. The molecule has 0 heterocycles. The number of rotatable bonds is 8. The molecule has 122 valence electrons. The lowest BCUT2D eigenvalue weighted by Gasteiger charge is -2.12. The highest BCUT2D eigenvalue weighted by molar-refractivity contribution is 6.31. The molecule has 0 fully saturated rings. The number of carbonyl (C=O) groups is 2. The summed E-state index contributed by atoms with van der Waals surface area (Å²) >= 11 is 6.00. The predicted molar refractivity (Wildman–Crippen MR) is 85.5 cm³/mol. The molecule has 2 N–H and O–H groups in total. The number of halogens is 1. The molecular weight excluding hydrogens is 308 g/mol. The fraction of sp³-hybridized carbons (Fsp3) is 0.467. The van der Waals surface area contributed by atoms with Gasteiger partial charge in [0, 0.05) is 31.4 Å². The maximum Gasteiger partial charge on any atom is 0.233 e. The first kappa shape index (κ1) is 18.3. The zero-order valence-corrected chi connectivity index (χ0v) is 13.8. The van der Waals surface area contributed by atoms with Crippen molar-refractivity contribution in [2.75, 3.05) is 32.7 Å². The first-order valence-electron chi connectivity index (χ1n) is 6.87. The Balaban J connectivity index is 2.54. The van der Waals surface area contributed by atoms with Gasteiger partial charge in [-0.05, 0) is 25.0 Å². The van der Waals surface area contributed by atoms with Crippen LogP contribution >= 0.6 is 11.6 Å². The molecule has 0 aliphatic carbocycles. The highest BCUT2D eigenvalue weighted by Crippen LogP contribution is 2.30. The molecule has 0 saturated heterocycles. The van der Waals surface area contributed by atoms with E-state index in [1.165, 1.54) is 7.11 Å². The van der Waals surface area contributed by atoms with Crippen molar-refractivity contribution in [3.8, 4) is 5.75 Å². The molecule has 0 atom stereocenters. The quantitative estimate of drug-likeness (QED) is 0.566. The van der Waals surface area contributed by atoms with Crippen LogP contribution in [0, 0.1) is 6.92 Å². The minimum atomic E-state index is -0.413. The van der Waals surface area contributed by atoms with Gasteiger partial charge < -0.3 is 20.1 Å². The number of nitrogens with one attached hydrogen (secondary N) is 2. The van der Waals surface area contributed by atoms with E-state index in [-0.39, 0.29) is 12.3 Å². The molecule has 1 rings (SSSR count). The van der Waals surface area contributed by atoms with Crippen LogP contribution in [-0.2, 0) is 14.3 Å². The van der Waals surface area contributed by atoms with Crippen LogP contribution in [0.4, 0.5) is 5.69 Å². The molecular formula is C15H21ClN2O4. The topological polar surface area (TPSA) is 76.7 Å². The van der Waals surface area contributed by atoms with Crippen molar-refractivity contribution in [1.29, 1.82) is 0 Å². The van der Waals surface area contributed by atoms with E-state index in [0.717, 1.165) is 5.56 Å². The number of hydrogen-bond acceptors (Lipinski definition) is 4. The maximum absolute atomic E-state index is 11.9. The Hall–Kier alpha value is -1.79. The molecule has 0 aromatic heterocycles. The number of benzene rings is 1. The normalized spacial score (nSPS) is 10.2. The van der Waals surface area contributed by atoms with Gasteiger partial charge in [0.1, 0.15) is 12.2 Å². The van der Waals surface area contributed by atoms with Crippen LogP contribution < -0.4 is 15.4 Å². The second-order valence-electron chi connectivity index (χ2n) is 4.72. The molecule has 0 radical (unpaired) electrons. The summed E-state index contributed by atoms with van der Waals surface area (Å²) in [7, 11) is 3.08. The number of aryl methyl sites for hydroxylation is 1. The van der Waals surface area contributed by atoms with Crippen LogP contribution in [0.15, 0.2) is 12.1 Å². The lowest BCUT2D eigenvalue weighted by molar-refractivity contribution is -0.126. The van der Waals surface area contributed by atoms with E-state index in [1.807, 2.05) is 6.92 Å². The second kappa shape index (κ2) is 9.27. The number of carbonyl (C=O) groups excluding carboxylic acids is 2. The standard InChI is InChI=1S/C15H21ClN2O4/c1-10-7-12(13(22-3)8-11(10)16)18-15(20)9-14(19)17-5-4-6-21-2/h7-8H,4-6,9H2,1-3H3,(H,17,19)(H,18,20). The molecule has 0 aliphatic heterocycles. The molecule has 1 aromatic carbocycles. The lowest BCUT2D eigenvalue weighted by Crippen LogP contribution is -2.29. The van der Waals surface area contributed by atoms with Crippen LogP contribution in [0.3, 0.4) is 0 Å².